The summed E-state index contributed by atoms with van der Waals surface area (Å²) in [5.74, 6) is -0.862. The fraction of sp³-hybridized carbons (Fsp3) is 0.462. The molecule has 1 heterocycles. The molecule has 1 atom stereocenters. The highest BCUT2D eigenvalue weighted by Crippen LogP contribution is 2.14. The number of rotatable bonds is 4. The molecule has 0 spiro atoms. The van der Waals surface area contributed by atoms with E-state index >= 15 is 0 Å². The van der Waals surface area contributed by atoms with Crippen molar-refractivity contribution in [3.05, 3.63) is 24.0 Å². The van der Waals surface area contributed by atoms with Gasteiger partial charge in [-0.2, -0.15) is 0 Å². The molecule has 2 amide bonds. The summed E-state index contributed by atoms with van der Waals surface area (Å²) in [6.07, 6.45) is 1.37. The van der Waals surface area contributed by atoms with Gasteiger partial charge in [-0.1, -0.05) is 13.8 Å². The van der Waals surface area contributed by atoms with E-state index in [1.165, 1.54) is 12.3 Å². The van der Waals surface area contributed by atoms with Crippen molar-refractivity contribution < 1.29 is 14.7 Å². The van der Waals surface area contributed by atoms with Crippen molar-refractivity contribution in [3.63, 3.8) is 0 Å². The summed E-state index contributed by atoms with van der Waals surface area (Å²) in [5.41, 5.74) is 0.0317. The highest BCUT2D eigenvalue weighted by molar-refractivity contribution is 5.98. The Labute approximate surface area is 112 Å². The van der Waals surface area contributed by atoms with Gasteiger partial charge in [-0.25, -0.2) is 14.6 Å². The normalized spacial score (nSPS) is 12.1. The number of carbonyl (C=O) groups is 2. The Bertz CT molecular complexity index is 474. The summed E-state index contributed by atoms with van der Waals surface area (Å²) in [4.78, 5) is 28.3. The van der Waals surface area contributed by atoms with Crippen LogP contribution in [-0.4, -0.2) is 40.1 Å². The van der Waals surface area contributed by atoms with Gasteiger partial charge in [0.2, 0.25) is 0 Å². The first-order valence-corrected chi connectivity index (χ1v) is 6.06. The first kappa shape index (κ1) is 14.9. The summed E-state index contributed by atoms with van der Waals surface area (Å²) in [5, 5.41) is 11.6. The van der Waals surface area contributed by atoms with Gasteiger partial charge in [0.1, 0.15) is 0 Å². The first-order valence-electron chi connectivity index (χ1n) is 6.06. The van der Waals surface area contributed by atoms with E-state index in [4.69, 9.17) is 5.11 Å². The number of nitrogens with one attached hydrogen (secondary N) is 1. The van der Waals surface area contributed by atoms with Crippen LogP contribution < -0.4 is 5.32 Å². The maximum absolute atomic E-state index is 12.0. The highest BCUT2D eigenvalue weighted by Gasteiger charge is 2.20. The third-order valence-electron chi connectivity index (χ3n) is 3.15. The number of carbonyl (C=O) groups excluding carboxylic acids is 1. The molecule has 2 N–H and O–H groups in total. The Morgan fingerprint density at radius 2 is 2.00 bits per heavy atom. The average Bonchev–Trinajstić information content (AvgIpc) is 2.37. The zero-order valence-corrected chi connectivity index (χ0v) is 11.5. The molecule has 104 valence electrons. The van der Waals surface area contributed by atoms with Gasteiger partial charge in [0.15, 0.2) is 5.69 Å². The lowest BCUT2D eigenvalue weighted by atomic mass is 10.1. The van der Waals surface area contributed by atoms with Crippen LogP contribution >= 0.6 is 0 Å². The molecule has 1 unspecified atom stereocenters. The molecule has 0 aliphatic carbocycles. The van der Waals surface area contributed by atoms with Gasteiger partial charge >= 0.3 is 12.0 Å². The van der Waals surface area contributed by atoms with Crippen molar-refractivity contribution >= 4 is 17.7 Å². The van der Waals surface area contributed by atoms with Crippen molar-refractivity contribution in [2.24, 2.45) is 5.92 Å². The summed E-state index contributed by atoms with van der Waals surface area (Å²) in [6, 6.07) is 2.79. The fourth-order valence-electron chi connectivity index (χ4n) is 1.51. The second-order valence-corrected chi connectivity index (χ2v) is 4.73. The number of amides is 2. The number of hydrogen-bond acceptors (Lipinski definition) is 3. The van der Waals surface area contributed by atoms with Crippen LogP contribution in [0.1, 0.15) is 31.3 Å². The number of nitrogens with zero attached hydrogens (tertiary/aromatic N) is 2. The Hall–Kier alpha value is -2.11. The Kier molecular flexibility index (Phi) is 4.86. The lowest BCUT2D eigenvalue weighted by Gasteiger charge is -2.28. The SMILES string of the molecule is CC(C)C(C)N(C)C(=O)Nc1cccnc1C(=O)O. The summed E-state index contributed by atoms with van der Waals surface area (Å²) >= 11 is 0. The van der Waals surface area contributed by atoms with Gasteiger partial charge in [0, 0.05) is 19.3 Å². The first-order chi connectivity index (χ1) is 8.84. The zero-order valence-electron chi connectivity index (χ0n) is 11.5. The Morgan fingerprint density at radius 3 is 2.53 bits per heavy atom. The van der Waals surface area contributed by atoms with Gasteiger partial charge < -0.3 is 15.3 Å². The van der Waals surface area contributed by atoms with Crippen LogP contribution in [0.4, 0.5) is 10.5 Å². The molecule has 1 aromatic rings. The molecule has 0 aliphatic heterocycles. The minimum atomic E-state index is -1.17. The predicted molar refractivity (Wildman–Crippen MR) is 72.3 cm³/mol. The van der Waals surface area contributed by atoms with Crippen molar-refractivity contribution in [1.82, 2.24) is 9.88 Å². The predicted octanol–water partition coefficient (Wildman–Crippen LogP) is 2.29. The van der Waals surface area contributed by atoms with E-state index in [0.717, 1.165) is 0 Å². The van der Waals surface area contributed by atoms with Crippen LogP contribution in [0.15, 0.2) is 18.3 Å². The molecule has 6 nitrogen and oxygen atoms in total. The Balaban J connectivity index is 2.86. The largest absolute Gasteiger partial charge is 0.476 e. The molecule has 0 bridgehead atoms. The van der Waals surface area contributed by atoms with Crippen LogP contribution in [0, 0.1) is 5.92 Å². The molecule has 0 fully saturated rings. The topological polar surface area (TPSA) is 82.5 Å². The summed E-state index contributed by atoms with van der Waals surface area (Å²) in [6.45, 7) is 5.97. The molecule has 0 aliphatic rings. The minimum Gasteiger partial charge on any atom is -0.476 e. The molecule has 6 heteroatoms. The van der Waals surface area contributed by atoms with E-state index in [-0.39, 0.29) is 23.5 Å². The van der Waals surface area contributed by atoms with Crippen molar-refractivity contribution in [3.8, 4) is 0 Å². The van der Waals surface area contributed by atoms with Crippen LogP contribution in [0.5, 0.6) is 0 Å². The number of aromatic nitrogens is 1. The molecule has 0 radical (unpaired) electrons. The van der Waals surface area contributed by atoms with E-state index < -0.39 is 5.97 Å². The van der Waals surface area contributed by atoms with Crippen LogP contribution in [0.3, 0.4) is 0 Å². The molecule has 1 rings (SSSR count). The van der Waals surface area contributed by atoms with Gasteiger partial charge in [0.25, 0.3) is 0 Å². The summed E-state index contributed by atoms with van der Waals surface area (Å²) in [7, 11) is 1.68. The summed E-state index contributed by atoms with van der Waals surface area (Å²) < 4.78 is 0. The third-order valence-corrected chi connectivity index (χ3v) is 3.15. The number of hydrogen-bond donors (Lipinski definition) is 2. The lowest BCUT2D eigenvalue weighted by Crippen LogP contribution is -2.41. The number of carboxylic acids is 1. The van der Waals surface area contributed by atoms with E-state index in [1.807, 2.05) is 20.8 Å². The molecule has 1 aromatic heterocycles. The smallest absolute Gasteiger partial charge is 0.356 e. The molecule has 19 heavy (non-hydrogen) atoms. The number of aromatic carboxylic acids is 1. The maximum atomic E-state index is 12.0. The van der Waals surface area contributed by atoms with Gasteiger partial charge in [0.05, 0.1) is 5.69 Å². The number of pyridine rings is 1. The van der Waals surface area contributed by atoms with Crippen LogP contribution in [0.2, 0.25) is 0 Å². The molecular formula is C13H19N3O3. The molecule has 0 aromatic carbocycles. The lowest BCUT2D eigenvalue weighted by molar-refractivity contribution is 0.0691. The molecular weight excluding hydrogens is 246 g/mol. The van der Waals surface area contributed by atoms with E-state index in [2.05, 4.69) is 10.3 Å². The minimum absolute atomic E-state index is 0.0462. The van der Waals surface area contributed by atoms with E-state index in [0.29, 0.717) is 5.92 Å². The number of anilines is 1. The quantitative estimate of drug-likeness (QED) is 0.875. The van der Waals surface area contributed by atoms with Crippen molar-refractivity contribution in [2.45, 2.75) is 26.8 Å². The average molecular weight is 265 g/mol. The zero-order chi connectivity index (χ0) is 14.6. The molecule has 0 saturated carbocycles. The van der Waals surface area contributed by atoms with Gasteiger partial charge in [-0.3, -0.25) is 0 Å². The highest BCUT2D eigenvalue weighted by atomic mass is 16.4. The van der Waals surface area contributed by atoms with Crippen molar-refractivity contribution in [2.75, 3.05) is 12.4 Å². The monoisotopic (exact) mass is 265 g/mol. The second kappa shape index (κ2) is 6.17. The van der Waals surface area contributed by atoms with Crippen LogP contribution in [0.25, 0.3) is 0 Å². The standard InChI is InChI=1S/C13H19N3O3/c1-8(2)9(3)16(4)13(19)15-10-6-5-7-14-11(10)12(17)18/h5-9H,1-4H3,(H,15,19)(H,17,18). The fourth-order valence-corrected chi connectivity index (χ4v) is 1.51. The van der Waals surface area contributed by atoms with E-state index in [1.54, 1.807) is 18.0 Å². The van der Waals surface area contributed by atoms with Gasteiger partial charge in [-0.05, 0) is 25.0 Å². The maximum Gasteiger partial charge on any atom is 0.356 e. The second-order valence-electron chi connectivity index (χ2n) is 4.73. The van der Waals surface area contributed by atoms with Crippen molar-refractivity contribution in [1.29, 1.82) is 0 Å². The third kappa shape index (κ3) is 3.67. The Morgan fingerprint density at radius 1 is 1.37 bits per heavy atom. The number of carboxylic acid groups (broad SMARTS) is 1. The number of urea groups is 1. The van der Waals surface area contributed by atoms with Gasteiger partial charge in [-0.15, -0.1) is 0 Å². The molecule has 0 saturated heterocycles. The van der Waals surface area contributed by atoms with Crippen LogP contribution in [-0.2, 0) is 0 Å². The van der Waals surface area contributed by atoms with E-state index in [9.17, 15) is 9.59 Å².